The summed E-state index contributed by atoms with van der Waals surface area (Å²) in [5.74, 6) is 0.886. The van der Waals surface area contributed by atoms with Crippen LogP contribution in [0.15, 0.2) is 0 Å². The summed E-state index contributed by atoms with van der Waals surface area (Å²) in [4.78, 5) is 0. The van der Waals surface area contributed by atoms with E-state index in [-0.39, 0.29) is 0 Å². The van der Waals surface area contributed by atoms with Gasteiger partial charge in [0.25, 0.3) is 0 Å². The Morgan fingerprint density at radius 2 is 1.92 bits per heavy atom. The summed E-state index contributed by atoms with van der Waals surface area (Å²) < 4.78 is 2.21. The molecule has 13 heavy (non-hydrogen) atoms. The lowest BCUT2D eigenvalue weighted by molar-refractivity contribution is 0.429. The molecule has 1 aromatic rings. The van der Waals surface area contributed by atoms with E-state index in [9.17, 15) is 0 Å². The Morgan fingerprint density at radius 1 is 1.31 bits per heavy atom. The standard InChI is InChI=1S/C11H18N2/c1-7-8(2)12-13(9(7)3)10(4)11-5-6-11/h10-11H,5-6H2,1-4H3. The SMILES string of the molecule is Cc1nn(C(C)C2CC2)c(C)c1C. The first-order valence-electron chi connectivity index (χ1n) is 5.13. The van der Waals surface area contributed by atoms with E-state index < -0.39 is 0 Å². The molecule has 1 aliphatic rings. The van der Waals surface area contributed by atoms with Gasteiger partial charge in [0.2, 0.25) is 0 Å². The number of hydrogen-bond donors (Lipinski definition) is 0. The largest absolute Gasteiger partial charge is 0.266 e. The third-order valence-corrected chi connectivity index (χ3v) is 3.38. The number of nitrogens with zero attached hydrogens (tertiary/aromatic N) is 2. The number of aromatic nitrogens is 2. The average molecular weight is 178 g/mol. The van der Waals surface area contributed by atoms with E-state index in [1.54, 1.807) is 0 Å². The maximum Gasteiger partial charge on any atom is 0.0625 e. The molecule has 2 heteroatoms. The molecule has 1 aromatic heterocycles. The van der Waals surface area contributed by atoms with Crippen LogP contribution in [0.3, 0.4) is 0 Å². The minimum atomic E-state index is 0.604. The molecule has 1 atom stereocenters. The fourth-order valence-electron chi connectivity index (χ4n) is 1.92. The maximum atomic E-state index is 4.59. The average Bonchev–Trinajstić information content (AvgIpc) is 2.89. The summed E-state index contributed by atoms with van der Waals surface area (Å²) >= 11 is 0. The molecule has 0 aliphatic heterocycles. The van der Waals surface area contributed by atoms with Gasteiger partial charge in [-0.3, -0.25) is 4.68 Å². The lowest BCUT2D eigenvalue weighted by Crippen LogP contribution is -2.10. The lowest BCUT2D eigenvalue weighted by Gasteiger charge is -2.12. The first-order valence-corrected chi connectivity index (χ1v) is 5.13. The molecule has 1 saturated carbocycles. The van der Waals surface area contributed by atoms with Crippen LogP contribution in [0.2, 0.25) is 0 Å². The molecule has 72 valence electrons. The molecule has 2 rings (SSSR count). The zero-order chi connectivity index (χ0) is 9.59. The molecule has 1 fully saturated rings. The van der Waals surface area contributed by atoms with E-state index >= 15 is 0 Å². The van der Waals surface area contributed by atoms with Gasteiger partial charge in [-0.05, 0) is 52.0 Å². The van der Waals surface area contributed by atoms with Gasteiger partial charge in [0.1, 0.15) is 0 Å². The second-order valence-corrected chi connectivity index (χ2v) is 4.32. The monoisotopic (exact) mass is 178 g/mol. The molecule has 0 radical (unpaired) electrons. The molecular formula is C11H18N2. The molecule has 0 bridgehead atoms. The molecule has 0 spiro atoms. The summed E-state index contributed by atoms with van der Waals surface area (Å²) in [5, 5.41) is 4.59. The molecule has 1 aliphatic carbocycles. The first-order chi connectivity index (χ1) is 6.11. The Kier molecular flexibility index (Phi) is 1.94. The van der Waals surface area contributed by atoms with Gasteiger partial charge in [-0.25, -0.2) is 0 Å². The van der Waals surface area contributed by atoms with Crippen molar-refractivity contribution in [3.63, 3.8) is 0 Å². The highest BCUT2D eigenvalue weighted by atomic mass is 15.3. The highest BCUT2D eigenvalue weighted by Gasteiger charge is 2.30. The van der Waals surface area contributed by atoms with Crippen LogP contribution in [0.5, 0.6) is 0 Å². The summed E-state index contributed by atoms with van der Waals surface area (Å²) in [6.45, 7) is 8.72. The fourth-order valence-corrected chi connectivity index (χ4v) is 1.92. The van der Waals surface area contributed by atoms with Crippen LogP contribution < -0.4 is 0 Å². The molecule has 1 heterocycles. The fraction of sp³-hybridized carbons (Fsp3) is 0.727. The third kappa shape index (κ3) is 1.38. The van der Waals surface area contributed by atoms with Crippen LogP contribution >= 0.6 is 0 Å². The van der Waals surface area contributed by atoms with Gasteiger partial charge in [-0.15, -0.1) is 0 Å². The van der Waals surface area contributed by atoms with Crippen LogP contribution in [0.4, 0.5) is 0 Å². The predicted octanol–water partition coefficient (Wildman–Crippen LogP) is 2.78. The number of aryl methyl sites for hydroxylation is 1. The van der Waals surface area contributed by atoms with Crippen molar-refractivity contribution in [2.45, 2.75) is 46.6 Å². The number of rotatable bonds is 2. The maximum absolute atomic E-state index is 4.59. The Hall–Kier alpha value is -0.790. The lowest BCUT2D eigenvalue weighted by atomic mass is 10.2. The smallest absolute Gasteiger partial charge is 0.0625 e. The molecular weight excluding hydrogens is 160 g/mol. The van der Waals surface area contributed by atoms with Crippen molar-refractivity contribution in [3.8, 4) is 0 Å². The summed E-state index contributed by atoms with van der Waals surface area (Å²) in [7, 11) is 0. The van der Waals surface area contributed by atoms with Crippen LogP contribution in [0.25, 0.3) is 0 Å². The van der Waals surface area contributed by atoms with Crippen molar-refractivity contribution in [1.82, 2.24) is 9.78 Å². The highest BCUT2D eigenvalue weighted by Crippen LogP contribution is 2.39. The summed E-state index contributed by atoms with van der Waals surface area (Å²) in [5.41, 5.74) is 3.88. The van der Waals surface area contributed by atoms with E-state index in [1.165, 1.54) is 29.8 Å². The van der Waals surface area contributed by atoms with Crippen LogP contribution in [0, 0.1) is 26.7 Å². The van der Waals surface area contributed by atoms with Crippen molar-refractivity contribution < 1.29 is 0 Å². The Morgan fingerprint density at radius 3 is 2.31 bits per heavy atom. The Labute approximate surface area is 80.0 Å². The zero-order valence-corrected chi connectivity index (χ0v) is 8.96. The van der Waals surface area contributed by atoms with Gasteiger partial charge in [0.15, 0.2) is 0 Å². The van der Waals surface area contributed by atoms with Gasteiger partial charge in [-0.1, -0.05) is 0 Å². The van der Waals surface area contributed by atoms with E-state index in [0.717, 1.165) is 5.92 Å². The van der Waals surface area contributed by atoms with Gasteiger partial charge < -0.3 is 0 Å². The van der Waals surface area contributed by atoms with Crippen LogP contribution in [-0.4, -0.2) is 9.78 Å². The molecule has 0 saturated heterocycles. The van der Waals surface area contributed by atoms with Gasteiger partial charge in [0, 0.05) is 5.69 Å². The van der Waals surface area contributed by atoms with Crippen LogP contribution in [0.1, 0.15) is 42.8 Å². The molecule has 1 unspecified atom stereocenters. The molecule has 0 N–H and O–H groups in total. The Balaban J connectivity index is 2.33. The normalized spacial score (nSPS) is 19.1. The van der Waals surface area contributed by atoms with Crippen molar-refractivity contribution >= 4 is 0 Å². The minimum Gasteiger partial charge on any atom is -0.266 e. The second kappa shape index (κ2) is 2.86. The molecule has 0 aromatic carbocycles. The van der Waals surface area contributed by atoms with Crippen molar-refractivity contribution in [1.29, 1.82) is 0 Å². The molecule has 0 amide bonds. The second-order valence-electron chi connectivity index (χ2n) is 4.32. The Bertz CT molecular complexity index is 321. The van der Waals surface area contributed by atoms with E-state index in [0.29, 0.717) is 6.04 Å². The van der Waals surface area contributed by atoms with Crippen LogP contribution in [-0.2, 0) is 0 Å². The third-order valence-electron chi connectivity index (χ3n) is 3.38. The van der Waals surface area contributed by atoms with Crippen molar-refractivity contribution in [2.24, 2.45) is 5.92 Å². The van der Waals surface area contributed by atoms with Gasteiger partial charge in [-0.2, -0.15) is 5.10 Å². The van der Waals surface area contributed by atoms with Gasteiger partial charge in [0.05, 0.1) is 11.7 Å². The predicted molar refractivity (Wildman–Crippen MR) is 53.9 cm³/mol. The van der Waals surface area contributed by atoms with Crippen molar-refractivity contribution in [2.75, 3.05) is 0 Å². The van der Waals surface area contributed by atoms with E-state index in [4.69, 9.17) is 0 Å². The minimum absolute atomic E-state index is 0.604. The first kappa shape index (κ1) is 8.79. The molecule has 2 nitrogen and oxygen atoms in total. The summed E-state index contributed by atoms with van der Waals surface area (Å²) in [6.07, 6.45) is 2.77. The highest BCUT2D eigenvalue weighted by molar-refractivity contribution is 5.22. The van der Waals surface area contributed by atoms with E-state index in [2.05, 4.69) is 37.5 Å². The summed E-state index contributed by atoms with van der Waals surface area (Å²) in [6, 6.07) is 0.604. The topological polar surface area (TPSA) is 17.8 Å². The quantitative estimate of drug-likeness (QED) is 0.681. The van der Waals surface area contributed by atoms with Gasteiger partial charge >= 0.3 is 0 Å². The van der Waals surface area contributed by atoms with E-state index in [1.807, 2.05) is 0 Å². The van der Waals surface area contributed by atoms with Crippen molar-refractivity contribution in [3.05, 3.63) is 17.0 Å². The number of hydrogen-bond acceptors (Lipinski definition) is 1. The zero-order valence-electron chi connectivity index (χ0n) is 8.96.